The van der Waals surface area contributed by atoms with Crippen LogP contribution in [0.15, 0.2) is 0 Å². The number of aryl methyl sites for hydroxylation is 1. The minimum Gasteiger partial charge on any atom is -0.347 e. The highest BCUT2D eigenvalue weighted by molar-refractivity contribution is 7.99. The Morgan fingerprint density at radius 1 is 1.47 bits per heavy atom. The molecule has 0 aromatic carbocycles. The minimum atomic E-state index is 0.673. The van der Waals surface area contributed by atoms with Gasteiger partial charge in [-0.1, -0.05) is 13.8 Å². The van der Waals surface area contributed by atoms with Crippen LogP contribution in [0.4, 0.5) is 5.13 Å². The van der Waals surface area contributed by atoms with E-state index in [9.17, 15) is 0 Å². The highest BCUT2D eigenvalue weighted by Gasteiger charge is 2.22. The van der Waals surface area contributed by atoms with Crippen LogP contribution in [0.2, 0.25) is 0 Å². The van der Waals surface area contributed by atoms with Crippen molar-refractivity contribution in [3.63, 3.8) is 0 Å². The molecule has 19 heavy (non-hydrogen) atoms. The fourth-order valence-electron chi connectivity index (χ4n) is 2.19. The molecule has 0 spiro atoms. The van der Waals surface area contributed by atoms with E-state index in [0.717, 1.165) is 13.1 Å². The van der Waals surface area contributed by atoms with E-state index in [-0.39, 0.29) is 0 Å². The highest BCUT2D eigenvalue weighted by atomic mass is 32.2. The van der Waals surface area contributed by atoms with Crippen molar-refractivity contribution in [2.45, 2.75) is 39.8 Å². The fraction of sp³-hybridized carbons (Fsp3) is 0.786. The quantitative estimate of drug-likeness (QED) is 0.873. The standard InChI is InChI=1S/C14H25N3S2/c1-10(2)7-15-8-13-11(3)16-14(19-13)17(4)12-5-6-18-9-12/h10,12,15H,5-9H2,1-4H3. The maximum Gasteiger partial charge on any atom is 0.185 e. The minimum absolute atomic E-state index is 0.673. The second-order valence-electron chi connectivity index (χ2n) is 5.66. The summed E-state index contributed by atoms with van der Waals surface area (Å²) in [6, 6.07) is 0.673. The molecule has 1 aliphatic rings. The predicted octanol–water partition coefficient (Wildman–Crippen LogP) is 3.14. The Bertz CT molecular complexity index is 397. The molecule has 2 rings (SSSR count). The summed E-state index contributed by atoms with van der Waals surface area (Å²) in [6.45, 7) is 8.63. The van der Waals surface area contributed by atoms with Crippen molar-refractivity contribution in [3.05, 3.63) is 10.6 Å². The summed E-state index contributed by atoms with van der Waals surface area (Å²) in [4.78, 5) is 8.51. The SMILES string of the molecule is Cc1nc(N(C)C2CCSC2)sc1CNCC(C)C. The molecule has 1 fully saturated rings. The van der Waals surface area contributed by atoms with Crippen molar-refractivity contribution < 1.29 is 0 Å². The van der Waals surface area contributed by atoms with E-state index in [2.05, 4.69) is 49.8 Å². The first-order valence-electron chi connectivity index (χ1n) is 7.05. The molecule has 3 nitrogen and oxygen atoms in total. The molecule has 5 heteroatoms. The molecular weight excluding hydrogens is 274 g/mol. The summed E-state index contributed by atoms with van der Waals surface area (Å²) >= 11 is 3.91. The van der Waals surface area contributed by atoms with Crippen LogP contribution in [0.3, 0.4) is 0 Å². The molecular formula is C14H25N3S2. The summed E-state index contributed by atoms with van der Waals surface area (Å²) in [5.41, 5.74) is 1.19. The normalized spacial score (nSPS) is 19.3. The Labute approximate surface area is 125 Å². The van der Waals surface area contributed by atoms with Gasteiger partial charge in [0.2, 0.25) is 0 Å². The van der Waals surface area contributed by atoms with Gasteiger partial charge < -0.3 is 10.2 Å². The average molecular weight is 300 g/mol. The van der Waals surface area contributed by atoms with Gasteiger partial charge in [-0.2, -0.15) is 11.8 Å². The van der Waals surface area contributed by atoms with Crippen molar-refractivity contribution in [3.8, 4) is 0 Å². The predicted molar refractivity (Wildman–Crippen MR) is 87.5 cm³/mol. The fourth-order valence-corrected chi connectivity index (χ4v) is 4.52. The van der Waals surface area contributed by atoms with E-state index >= 15 is 0 Å². The molecule has 1 N–H and O–H groups in total. The smallest absolute Gasteiger partial charge is 0.185 e. The van der Waals surface area contributed by atoms with E-state index in [1.165, 1.54) is 33.6 Å². The Morgan fingerprint density at radius 3 is 2.89 bits per heavy atom. The van der Waals surface area contributed by atoms with Gasteiger partial charge >= 0.3 is 0 Å². The van der Waals surface area contributed by atoms with Crippen LogP contribution in [-0.4, -0.2) is 36.1 Å². The topological polar surface area (TPSA) is 28.2 Å². The lowest BCUT2D eigenvalue weighted by molar-refractivity contribution is 0.554. The lowest BCUT2D eigenvalue weighted by Crippen LogP contribution is -2.31. The third-order valence-corrected chi connectivity index (χ3v) is 5.87. The average Bonchev–Trinajstić information content (AvgIpc) is 2.98. The number of nitrogens with zero attached hydrogens (tertiary/aromatic N) is 2. The summed E-state index contributed by atoms with van der Waals surface area (Å²) in [6.07, 6.45) is 1.29. The molecule has 0 bridgehead atoms. The molecule has 0 radical (unpaired) electrons. The van der Waals surface area contributed by atoms with Crippen LogP contribution in [0.5, 0.6) is 0 Å². The lowest BCUT2D eigenvalue weighted by Gasteiger charge is -2.22. The first-order valence-corrected chi connectivity index (χ1v) is 9.02. The first kappa shape index (κ1) is 15.1. The monoisotopic (exact) mass is 299 g/mol. The third kappa shape index (κ3) is 4.10. The molecule has 1 aliphatic heterocycles. The molecule has 2 heterocycles. The van der Waals surface area contributed by atoms with Crippen LogP contribution in [0.1, 0.15) is 30.8 Å². The van der Waals surface area contributed by atoms with Gasteiger partial charge in [-0.05, 0) is 31.6 Å². The van der Waals surface area contributed by atoms with Gasteiger partial charge in [-0.15, -0.1) is 11.3 Å². The molecule has 1 aromatic heterocycles. The molecule has 1 saturated heterocycles. The molecule has 0 saturated carbocycles. The zero-order valence-corrected chi connectivity index (χ0v) is 14.0. The van der Waals surface area contributed by atoms with Gasteiger partial charge in [0.05, 0.1) is 5.69 Å². The highest BCUT2D eigenvalue weighted by Crippen LogP contribution is 2.30. The molecule has 0 amide bonds. The van der Waals surface area contributed by atoms with Crippen LogP contribution >= 0.6 is 23.1 Å². The van der Waals surface area contributed by atoms with E-state index < -0.39 is 0 Å². The van der Waals surface area contributed by atoms with Crippen LogP contribution in [0.25, 0.3) is 0 Å². The number of rotatable bonds is 6. The number of thioether (sulfide) groups is 1. The number of aromatic nitrogens is 1. The Kier molecular flexibility index (Phi) is 5.54. The summed E-state index contributed by atoms with van der Waals surface area (Å²) in [5, 5.41) is 4.70. The van der Waals surface area contributed by atoms with Gasteiger partial charge in [0.25, 0.3) is 0 Å². The Balaban J connectivity index is 1.95. The van der Waals surface area contributed by atoms with Crippen LogP contribution in [-0.2, 0) is 6.54 Å². The largest absolute Gasteiger partial charge is 0.347 e. The maximum absolute atomic E-state index is 4.75. The zero-order valence-electron chi connectivity index (χ0n) is 12.4. The van der Waals surface area contributed by atoms with Gasteiger partial charge in [0.15, 0.2) is 5.13 Å². The van der Waals surface area contributed by atoms with Gasteiger partial charge in [-0.25, -0.2) is 4.98 Å². The number of hydrogen-bond acceptors (Lipinski definition) is 5. The lowest BCUT2D eigenvalue weighted by atomic mass is 10.2. The van der Waals surface area contributed by atoms with E-state index in [1.807, 2.05) is 11.3 Å². The van der Waals surface area contributed by atoms with Crippen molar-refractivity contribution in [1.82, 2.24) is 10.3 Å². The van der Waals surface area contributed by atoms with Crippen molar-refractivity contribution >= 4 is 28.2 Å². The third-order valence-electron chi connectivity index (χ3n) is 3.47. The van der Waals surface area contributed by atoms with Crippen LogP contribution < -0.4 is 10.2 Å². The van der Waals surface area contributed by atoms with E-state index in [1.54, 1.807) is 0 Å². The second kappa shape index (κ2) is 6.95. The number of hydrogen-bond donors (Lipinski definition) is 1. The van der Waals surface area contributed by atoms with Crippen LogP contribution in [0, 0.1) is 12.8 Å². The Hall–Kier alpha value is -0.260. The summed E-state index contributed by atoms with van der Waals surface area (Å²) < 4.78 is 0. The molecule has 1 atom stereocenters. The van der Waals surface area contributed by atoms with Gasteiger partial charge in [-0.3, -0.25) is 0 Å². The van der Waals surface area contributed by atoms with Gasteiger partial charge in [0.1, 0.15) is 0 Å². The molecule has 1 aromatic rings. The van der Waals surface area contributed by atoms with Crippen molar-refractivity contribution in [1.29, 1.82) is 0 Å². The molecule has 1 unspecified atom stereocenters. The number of nitrogens with one attached hydrogen (secondary N) is 1. The van der Waals surface area contributed by atoms with E-state index in [4.69, 9.17) is 4.98 Å². The number of thiazole rings is 1. The zero-order chi connectivity index (χ0) is 13.8. The molecule has 0 aliphatic carbocycles. The Morgan fingerprint density at radius 2 is 2.26 bits per heavy atom. The first-order chi connectivity index (χ1) is 9.08. The van der Waals surface area contributed by atoms with E-state index in [0.29, 0.717) is 12.0 Å². The molecule has 108 valence electrons. The summed E-state index contributed by atoms with van der Waals surface area (Å²) in [5.74, 6) is 3.24. The number of anilines is 1. The van der Waals surface area contributed by atoms with Crippen molar-refractivity contribution in [2.24, 2.45) is 5.92 Å². The maximum atomic E-state index is 4.75. The van der Waals surface area contributed by atoms with Crippen molar-refractivity contribution in [2.75, 3.05) is 30.0 Å². The summed E-state index contributed by atoms with van der Waals surface area (Å²) in [7, 11) is 2.19. The van der Waals surface area contributed by atoms with Gasteiger partial charge in [0, 0.05) is 30.3 Å². The second-order valence-corrected chi connectivity index (χ2v) is 7.87.